The predicted molar refractivity (Wildman–Crippen MR) is 132 cm³/mol. The fourth-order valence-corrected chi connectivity index (χ4v) is 3.73. The highest BCUT2D eigenvalue weighted by atomic mass is 16.5. The Kier molecular flexibility index (Phi) is 7.56. The highest BCUT2D eigenvalue weighted by molar-refractivity contribution is 5.91. The molecule has 1 atom stereocenters. The van der Waals surface area contributed by atoms with E-state index in [2.05, 4.69) is 25.5 Å². The number of carbonyl (C=O) groups excluding carboxylic acids is 1. The molecule has 0 aliphatic carbocycles. The molecule has 2 aromatic carbocycles. The number of ether oxygens (including phenoxy) is 2. The Morgan fingerprint density at radius 1 is 1.15 bits per heavy atom. The van der Waals surface area contributed by atoms with E-state index in [1.54, 1.807) is 32.4 Å². The average molecular weight is 464 g/mol. The Morgan fingerprint density at radius 2 is 1.88 bits per heavy atom. The molecule has 0 saturated carbocycles. The standard InChI is InChI=1S/C25H29N5O4/c1-17(31)15-24(32)27-19-5-3-18(4-6-19)21-9-10-26-25(29-21)28-20-7-8-22(23(16-20)33-2)30-11-13-34-14-12-30/h3-10,16-17,31H,11-15H2,1-2H3,(H,27,32)(H,26,28,29). The molecule has 3 N–H and O–H groups in total. The van der Waals surface area contributed by atoms with E-state index in [1.807, 2.05) is 36.4 Å². The van der Waals surface area contributed by atoms with Crippen LogP contribution in [0.15, 0.2) is 54.7 Å². The zero-order chi connectivity index (χ0) is 23.9. The van der Waals surface area contributed by atoms with Gasteiger partial charge in [0.05, 0.1) is 44.2 Å². The summed E-state index contributed by atoms with van der Waals surface area (Å²) in [5.74, 6) is 1.01. The van der Waals surface area contributed by atoms with E-state index in [9.17, 15) is 9.90 Å². The van der Waals surface area contributed by atoms with Crippen molar-refractivity contribution < 1.29 is 19.4 Å². The van der Waals surface area contributed by atoms with Crippen molar-refractivity contribution in [3.05, 3.63) is 54.7 Å². The number of rotatable bonds is 8. The van der Waals surface area contributed by atoms with Crippen LogP contribution in [0.4, 0.5) is 23.0 Å². The van der Waals surface area contributed by atoms with Gasteiger partial charge >= 0.3 is 0 Å². The smallest absolute Gasteiger partial charge is 0.227 e. The van der Waals surface area contributed by atoms with Gasteiger partial charge in [-0.3, -0.25) is 4.79 Å². The molecule has 1 saturated heterocycles. The van der Waals surface area contributed by atoms with E-state index in [-0.39, 0.29) is 12.3 Å². The molecule has 3 aromatic rings. The Labute approximate surface area is 198 Å². The lowest BCUT2D eigenvalue weighted by molar-refractivity contribution is -0.117. The van der Waals surface area contributed by atoms with Gasteiger partial charge in [-0.15, -0.1) is 0 Å². The van der Waals surface area contributed by atoms with Gasteiger partial charge in [0.1, 0.15) is 5.75 Å². The summed E-state index contributed by atoms with van der Waals surface area (Å²) in [5.41, 5.74) is 4.15. The van der Waals surface area contributed by atoms with E-state index in [0.29, 0.717) is 24.8 Å². The van der Waals surface area contributed by atoms with Gasteiger partial charge in [0, 0.05) is 42.3 Å². The van der Waals surface area contributed by atoms with Crippen molar-refractivity contribution >= 4 is 28.9 Å². The maximum absolute atomic E-state index is 11.8. The number of aliphatic hydroxyl groups is 1. The summed E-state index contributed by atoms with van der Waals surface area (Å²) in [7, 11) is 1.66. The van der Waals surface area contributed by atoms with Gasteiger partial charge < -0.3 is 30.1 Å². The number of benzene rings is 2. The minimum atomic E-state index is -0.679. The lowest BCUT2D eigenvalue weighted by Crippen LogP contribution is -2.36. The Bertz CT molecular complexity index is 1110. The van der Waals surface area contributed by atoms with E-state index < -0.39 is 6.10 Å². The number of carbonyl (C=O) groups is 1. The van der Waals surface area contributed by atoms with Crippen LogP contribution in [0.3, 0.4) is 0 Å². The minimum absolute atomic E-state index is 0.0565. The van der Waals surface area contributed by atoms with Crippen LogP contribution >= 0.6 is 0 Å². The van der Waals surface area contributed by atoms with Crippen molar-refractivity contribution in [2.75, 3.05) is 48.9 Å². The zero-order valence-corrected chi connectivity index (χ0v) is 19.3. The molecule has 1 fully saturated rings. The molecule has 1 unspecified atom stereocenters. The number of hydrogen-bond donors (Lipinski definition) is 3. The van der Waals surface area contributed by atoms with Crippen molar-refractivity contribution in [1.29, 1.82) is 0 Å². The van der Waals surface area contributed by atoms with Crippen LogP contribution in [0.2, 0.25) is 0 Å². The lowest BCUT2D eigenvalue weighted by Gasteiger charge is -2.30. The maximum atomic E-state index is 11.8. The topological polar surface area (TPSA) is 109 Å². The molecule has 1 aliphatic heterocycles. The molecule has 34 heavy (non-hydrogen) atoms. The SMILES string of the molecule is COc1cc(Nc2nccc(-c3ccc(NC(=O)CC(C)O)cc3)n2)ccc1N1CCOCC1. The first-order valence-corrected chi connectivity index (χ1v) is 11.2. The number of nitrogens with one attached hydrogen (secondary N) is 2. The van der Waals surface area contributed by atoms with Crippen molar-refractivity contribution in [2.45, 2.75) is 19.4 Å². The zero-order valence-electron chi connectivity index (χ0n) is 19.3. The Balaban J connectivity index is 1.46. The maximum Gasteiger partial charge on any atom is 0.227 e. The average Bonchev–Trinajstić information content (AvgIpc) is 2.84. The number of morpholine rings is 1. The number of aliphatic hydroxyl groups excluding tert-OH is 1. The minimum Gasteiger partial charge on any atom is -0.495 e. The summed E-state index contributed by atoms with van der Waals surface area (Å²) in [4.78, 5) is 23.1. The van der Waals surface area contributed by atoms with Crippen molar-refractivity contribution in [3.63, 3.8) is 0 Å². The first-order chi connectivity index (χ1) is 16.5. The predicted octanol–water partition coefficient (Wildman–Crippen LogP) is 3.44. The van der Waals surface area contributed by atoms with E-state index in [4.69, 9.17) is 9.47 Å². The second-order valence-corrected chi connectivity index (χ2v) is 8.06. The fraction of sp³-hybridized carbons (Fsp3) is 0.320. The fourth-order valence-electron chi connectivity index (χ4n) is 3.73. The van der Waals surface area contributed by atoms with Crippen molar-refractivity contribution in [3.8, 4) is 17.0 Å². The first-order valence-electron chi connectivity index (χ1n) is 11.2. The van der Waals surface area contributed by atoms with E-state index in [1.165, 1.54) is 0 Å². The second kappa shape index (κ2) is 11.0. The number of amides is 1. The van der Waals surface area contributed by atoms with Crippen LogP contribution < -0.4 is 20.3 Å². The summed E-state index contributed by atoms with van der Waals surface area (Å²) in [5, 5.41) is 15.4. The van der Waals surface area contributed by atoms with Crippen molar-refractivity contribution in [1.82, 2.24) is 9.97 Å². The molecule has 9 heteroatoms. The van der Waals surface area contributed by atoms with Gasteiger partial charge in [0.2, 0.25) is 11.9 Å². The number of methoxy groups -OCH3 is 1. The van der Waals surface area contributed by atoms with Gasteiger partial charge in [-0.25, -0.2) is 9.97 Å². The van der Waals surface area contributed by atoms with E-state index >= 15 is 0 Å². The van der Waals surface area contributed by atoms with Crippen LogP contribution in [0.1, 0.15) is 13.3 Å². The number of nitrogens with zero attached hydrogens (tertiary/aromatic N) is 3. The largest absolute Gasteiger partial charge is 0.495 e. The molecule has 9 nitrogen and oxygen atoms in total. The first kappa shape index (κ1) is 23.5. The van der Waals surface area contributed by atoms with Crippen LogP contribution in [0.25, 0.3) is 11.3 Å². The van der Waals surface area contributed by atoms with Crippen LogP contribution in [0.5, 0.6) is 5.75 Å². The van der Waals surface area contributed by atoms with Gasteiger partial charge in [0.15, 0.2) is 0 Å². The molecular weight excluding hydrogens is 434 g/mol. The molecule has 1 aromatic heterocycles. The summed E-state index contributed by atoms with van der Waals surface area (Å²) < 4.78 is 11.1. The number of aromatic nitrogens is 2. The van der Waals surface area contributed by atoms with Gasteiger partial charge in [-0.05, 0) is 37.3 Å². The molecular formula is C25H29N5O4. The van der Waals surface area contributed by atoms with Gasteiger partial charge in [-0.2, -0.15) is 0 Å². The van der Waals surface area contributed by atoms with Gasteiger partial charge in [0.25, 0.3) is 0 Å². The summed E-state index contributed by atoms with van der Waals surface area (Å²) in [6, 6.07) is 15.1. The van der Waals surface area contributed by atoms with Crippen LogP contribution in [0, 0.1) is 0 Å². The number of anilines is 4. The summed E-state index contributed by atoms with van der Waals surface area (Å²) in [6.45, 7) is 4.66. The molecule has 0 bridgehead atoms. The molecule has 0 radical (unpaired) electrons. The Hall–Kier alpha value is -3.69. The Morgan fingerprint density at radius 3 is 2.59 bits per heavy atom. The highest BCUT2D eigenvalue weighted by Crippen LogP contribution is 2.32. The normalized spacial score (nSPS) is 14.4. The third-order valence-corrected chi connectivity index (χ3v) is 5.39. The number of hydrogen-bond acceptors (Lipinski definition) is 8. The molecule has 0 spiro atoms. The lowest BCUT2D eigenvalue weighted by atomic mass is 10.1. The molecule has 178 valence electrons. The molecule has 1 aliphatic rings. The van der Waals surface area contributed by atoms with Gasteiger partial charge in [-0.1, -0.05) is 12.1 Å². The summed E-state index contributed by atoms with van der Waals surface area (Å²) >= 11 is 0. The van der Waals surface area contributed by atoms with E-state index in [0.717, 1.165) is 41.5 Å². The van der Waals surface area contributed by atoms with Crippen molar-refractivity contribution in [2.24, 2.45) is 0 Å². The molecule has 1 amide bonds. The third kappa shape index (κ3) is 6.00. The quantitative estimate of drug-likeness (QED) is 0.466. The third-order valence-electron chi connectivity index (χ3n) is 5.39. The second-order valence-electron chi connectivity index (χ2n) is 8.06. The molecule has 2 heterocycles. The molecule has 4 rings (SSSR count). The van der Waals surface area contributed by atoms with Crippen LogP contribution in [-0.2, 0) is 9.53 Å². The summed E-state index contributed by atoms with van der Waals surface area (Å²) in [6.07, 6.45) is 1.07. The van der Waals surface area contributed by atoms with Crippen LogP contribution in [-0.4, -0.2) is 60.5 Å². The monoisotopic (exact) mass is 463 g/mol. The highest BCUT2D eigenvalue weighted by Gasteiger charge is 2.16.